The number of nitrogens with zero attached hydrogens (tertiary/aromatic N) is 5. The first-order valence-electron chi connectivity index (χ1n) is 8.26. The molecule has 1 aromatic heterocycles. The zero-order valence-electron chi connectivity index (χ0n) is 13.6. The van der Waals surface area contributed by atoms with Gasteiger partial charge >= 0.3 is 6.01 Å². The molecule has 126 valence electrons. The van der Waals surface area contributed by atoms with Crippen molar-refractivity contribution in [2.45, 2.75) is 32.1 Å². The maximum absolute atomic E-state index is 11.4. The summed E-state index contributed by atoms with van der Waals surface area (Å²) in [6.07, 6.45) is 5.53. The predicted molar refractivity (Wildman–Crippen MR) is 86.6 cm³/mol. The Labute approximate surface area is 136 Å². The van der Waals surface area contributed by atoms with Crippen LogP contribution in [-0.4, -0.2) is 54.1 Å². The van der Waals surface area contributed by atoms with Crippen LogP contribution in [-0.2, 0) is 4.79 Å². The van der Waals surface area contributed by atoms with Gasteiger partial charge in [0.25, 0.3) is 0 Å². The third-order valence-corrected chi connectivity index (χ3v) is 4.54. The number of amides is 1. The molecule has 0 spiro atoms. The van der Waals surface area contributed by atoms with Crippen LogP contribution in [0.1, 0.15) is 32.1 Å². The standard InChI is InChI=1S/C15H24N6O2/c1-23-15-18-13(20-7-4-2-3-5-8-20)17-14(19-15)21-9-6-11(10-21)12(16)22/h11H,2-10H2,1H3,(H2,16,22). The van der Waals surface area contributed by atoms with Crippen LogP contribution in [0.5, 0.6) is 6.01 Å². The van der Waals surface area contributed by atoms with Gasteiger partial charge in [-0.15, -0.1) is 0 Å². The van der Waals surface area contributed by atoms with E-state index in [1.165, 1.54) is 12.8 Å². The topological polar surface area (TPSA) is 97.5 Å². The van der Waals surface area contributed by atoms with Crippen molar-refractivity contribution in [1.29, 1.82) is 0 Å². The molecule has 0 radical (unpaired) electrons. The highest BCUT2D eigenvalue weighted by atomic mass is 16.5. The van der Waals surface area contributed by atoms with Crippen molar-refractivity contribution in [2.75, 3.05) is 43.1 Å². The Hall–Kier alpha value is -2.12. The maximum Gasteiger partial charge on any atom is 0.322 e. The molecule has 0 saturated carbocycles. The zero-order valence-corrected chi connectivity index (χ0v) is 13.6. The second-order valence-corrected chi connectivity index (χ2v) is 6.16. The van der Waals surface area contributed by atoms with E-state index in [1.807, 2.05) is 4.90 Å². The van der Waals surface area contributed by atoms with Crippen LogP contribution in [0.2, 0.25) is 0 Å². The van der Waals surface area contributed by atoms with Crippen LogP contribution < -0.4 is 20.3 Å². The third-order valence-electron chi connectivity index (χ3n) is 4.54. The first-order valence-corrected chi connectivity index (χ1v) is 8.26. The highest BCUT2D eigenvalue weighted by molar-refractivity contribution is 5.78. The van der Waals surface area contributed by atoms with Crippen molar-refractivity contribution >= 4 is 17.8 Å². The van der Waals surface area contributed by atoms with Gasteiger partial charge in [0.2, 0.25) is 17.8 Å². The molecule has 1 unspecified atom stereocenters. The molecule has 23 heavy (non-hydrogen) atoms. The number of methoxy groups -OCH3 is 1. The smallest absolute Gasteiger partial charge is 0.322 e. The lowest BCUT2D eigenvalue weighted by molar-refractivity contribution is -0.121. The highest BCUT2D eigenvalue weighted by Crippen LogP contribution is 2.25. The van der Waals surface area contributed by atoms with Crippen LogP contribution in [0.4, 0.5) is 11.9 Å². The molecule has 2 fully saturated rings. The summed E-state index contributed by atoms with van der Waals surface area (Å²) < 4.78 is 5.24. The lowest BCUT2D eigenvalue weighted by Gasteiger charge is -2.23. The van der Waals surface area contributed by atoms with Gasteiger partial charge in [0.15, 0.2) is 0 Å². The number of hydrogen-bond donors (Lipinski definition) is 1. The van der Waals surface area contributed by atoms with E-state index >= 15 is 0 Å². The summed E-state index contributed by atoms with van der Waals surface area (Å²) in [5, 5.41) is 0. The van der Waals surface area contributed by atoms with E-state index in [-0.39, 0.29) is 11.8 Å². The average Bonchev–Trinajstić information content (AvgIpc) is 2.91. The summed E-state index contributed by atoms with van der Waals surface area (Å²) in [7, 11) is 1.56. The number of carbonyl (C=O) groups is 1. The van der Waals surface area contributed by atoms with E-state index in [4.69, 9.17) is 10.5 Å². The summed E-state index contributed by atoms with van der Waals surface area (Å²) in [4.78, 5) is 28.9. The number of carbonyl (C=O) groups excluding carboxylic acids is 1. The second-order valence-electron chi connectivity index (χ2n) is 6.16. The maximum atomic E-state index is 11.4. The molecular formula is C15H24N6O2. The van der Waals surface area contributed by atoms with Crippen molar-refractivity contribution in [3.05, 3.63) is 0 Å². The minimum atomic E-state index is -0.263. The molecule has 8 nitrogen and oxygen atoms in total. The molecule has 1 amide bonds. The van der Waals surface area contributed by atoms with Crippen LogP contribution in [0, 0.1) is 5.92 Å². The van der Waals surface area contributed by atoms with Gasteiger partial charge in [-0.3, -0.25) is 4.79 Å². The molecule has 2 aliphatic heterocycles. The number of primary amides is 1. The molecule has 1 atom stereocenters. The summed E-state index contributed by atoms with van der Waals surface area (Å²) in [6.45, 7) is 3.19. The van der Waals surface area contributed by atoms with Gasteiger partial charge in [-0.2, -0.15) is 15.0 Å². The van der Waals surface area contributed by atoms with E-state index in [0.717, 1.165) is 38.9 Å². The molecule has 2 aliphatic rings. The summed E-state index contributed by atoms with van der Waals surface area (Å²) in [6, 6.07) is 0.316. The number of nitrogens with two attached hydrogens (primary N) is 1. The number of ether oxygens (including phenoxy) is 1. The molecule has 0 aromatic carbocycles. The van der Waals surface area contributed by atoms with Crippen molar-refractivity contribution in [1.82, 2.24) is 15.0 Å². The molecule has 0 bridgehead atoms. The Balaban J connectivity index is 1.83. The van der Waals surface area contributed by atoms with Gasteiger partial charge in [0.1, 0.15) is 0 Å². The first kappa shape index (κ1) is 15.8. The van der Waals surface area contributed by atoms with Crippen LogP contribution >= 0.6 is 0 Å². The van der Waals surface area contributed by atoms with E-state index in [9.17, 15) is 4.79 Å². The van der Waals surface area contributed by atoms with Crippen molar-refractivity contribution in [3.63, 3.8) is 0 Å². The highest BCUT2D eigenvalue weighted by Gasteiger charge is 2.29. The minimum Gasteiger partial charge on any atom is -0.467 e. The molecule has 3 rings (SSSR count). The molecule has 8 heteroatoms. The number of hydrogen-bond acceptors (Lipinski definition) is 7. The fourth-order valence-electron chi connectivity index (χ4n) is 3.15. The van der Waals surface area contributed by atoms with E-state index in [0.29, 0.717) is 24.5 Å². The Bertz CT molecular complexity index is 559. The normalized spacial score (nSPS) is 22.0. The third kappa shape index (κ3) is 3.62. The van der Waals surface area contributed by atoms with Gasteiger partial charge in [0.05, 0.1) is 13.0 Å². The molecule has 1 aromatic rings. The Morgan fingerprint density at radius 3 is 2.26 bits per heavy atom. The molecule has 0 aliphatic carbocycles. The van der Waals surface area contributed by atoms with E-state index in [1.54, 1.807) is 7.11 Å². The fraction of sp³-hybridized carbons (Fsp3) is 0.733. The largest absolute Gasteiger partial charge is 0.467 e. The van der Waals surface area contributed by atoms with Crippen LogP contribution in [0.15, 0.2) is 0 Å². The van der Waals surface area contributed by atoms with Crippen molar-refractivity contribution in [3.8, 4) is 6.01 Å². The minimum absolute atomic E-state index is 0.139. The first-order chi connectivity index (χ1) is 11.2. The number of rotatable bonds is 4. The predicted octanol–water partition coefficient (Wildman–Crippen LogP) is 0.572. The van der Waals surface area contributed by atoms with Gasteiger partial charge in [-0.1, -0.05) is 12.8 Å². The Morgan fingerprint density at radius 1 is 1.04 bits per heavy atom. The quantitative estimate of drug-likeness (QED) is 0.866. The average molecular weight is 320 g/mol. The van der Waals surface area contributed by atoms with E-state index < -0.39 is 0 Å². The zero-order chi connectivity index (χ0) is 16.2. The fourth-order valence-corrected chi connectivity index (χ4v) is 3.15. The van der Waals surface area contributed by atoms with Gasteiger partial charge in [-0.05, 0) is 19.3 Å². The summed E-state index contributed by atoms with van der Waals surface area (Å²) in [5.74, 6) is 0.830. The SMILES string of the molecule is COc1nc(N2CCCCCC2)nc(N2CCC(C(N)=O)C2)n1. The van der Waals surface area contributed by atoms with Gasteiger partial charge in [0, 0.05) is 26.2 Å². The lowest BCUT2D eigenvalue weighted by Crippen LogP contribution is -2.30. The summed E-state index contributed by atoms with van der Waals surface area (Å²) in [5.41, 5.74) is 5.41. The van der Waals surface area contributed by atoms with Crippen molar-refractivity contribution < 1.29 is 9.53 Å². The summed E-state index contributed by atoms with van der Waals surface area (Å²) >= 11 is 0. The Kier molecular flexibility index (Phi) is 4.78. The molecule has 3 heterocycles. The molecular weight excluding hydrogens is 296 g/mol. The Morgan fingerprint density at radius 2 is 1.70 bits per heavy atom. The van der Waals surface area contributed by atoms with E-state index in [2.05, 4.69) is 19.9 Å². The monoisotopic (exact) mass is 320 g/mol. The van der Waals surface area contributed by atoms with Crippen molar-refractivity contribution in [2.24, 2.45) is 11.7 Å². The number of anilines is 2. The molecule has 2 saturated heterocycles. The van der Waals surface area contributed by atoms with Crippen LogP contribution in [0.3, 0.4) is 0 Å². The van der Waals surface area contributed by atoms with Gasteiger partial charge in [-0.25, -0.2) is 0 Å². The lowest BCUT2D eigenvalue weighted by atomic mass is 10.1. The second kappa shape index (κ2) is 6.97. The van der Waals surface area contributed by atoms with Crippen LogP contribution in [0.25, 0.3) is 0 Å². The molecule has 2 N–H and O–H groups in total. The number of aromatic nitrogens is 3. The van der Waals surface area contributed by atoms with Gasteiger partial charge < -0.3 is 20.3 Å².